The third kappa shape index (κ3) is 3.41. The van der Waals surface area contributed by atoms with Crippen LogP contribution >= 0.6 is 0 Å². The normalized spacial score (nSPS) is 18.5. The molecule has 1 aliphatic heterocycles. The van der Waals surface area contributed by atoms with E-state index in [1.807, 2.05) is 0 Å². The summed E-state index contributed by atoms with van der Waals surface area (Å²) in [4.78, 5) is 60.8. The Hall–Kier alpha value is -2.78. The molecule has 1 rings (SSSR count). The number of amides is 4. The van der Waals surface area contributed by atoms with Crippen LogP contribution in [0.25, 0.3) is 0 Å². The molecule has 0 spiro atoms. The van der Waals surface area contributed by atoms with Gasteiger partial charge in [-0.05, 0) is 0 Å². The third-order valence-electron chi connectivity index (χ3n) is 2.81. The largest absolute Gasteiger partial charge is 0.550 e. The molecule has 0 aliphatic carbocycles. The quantitative estimate of drug-likeness (QED) is 0.370. The Morgan fingerprint density at radius 1 is 1.19 bits per heavy atom. The van der Waals surface area contributed by atoms with E-state index in [2.05, 4.69) is 4.99 Å². The number of hydrogen-bond acceptors (Lipinski definition) is 8. The van der Waals surface area contributed by atoms with Gasteiger partial charge in [-0.2, -0.15) is 0 Å². The first-order valence-corrected chi connectivity index (χ1v) is 5.70. The summed E-state index contributed by atoms with van der Waals surface area (Å²) in [7, 11) is 2.29. The SMILES string of the molecule is CN1C(=O)C(C=NC(CC(=O)[O-])C(=O)[O-])C(=O)N(C)C1=O. The van der Waals surface area contributed by atoms with E-state index in [0.29, 0.717) is 16.0 Å². The molecule has 0 aromatic heterocycles. The number of rotatable bonds is 5. The number of carboxylic acid groups (broad SMARTS) is 2. The maximum Gasteiger partial charge on any atom is 0.332 e. The fourth-order valence-electron chi connectivity index (χ4n) is 1.61. The smallest absolute Gasteiger partial charge is 0.332 e. The van der Waals surface area contributed by atoms with Gasteiger partial charge in [-0.1, -0.05) is 0 Å². The standard InChI is InChI=1S/C11H13N3O7/c1-13-8(17)5(9(18)14(2)11(13)21)4-12-6(10(19)20)3-7(15)16/h4-6H,3H2,1-2H3,(H,15,16)(H,19,20)/p-2. The van der Waals surface area contributed by atoms with Crippen molar-refractivity contribution in [3.05, 3.63) is 0 Å². The van der Waals surface area contributed by atoms with Gasteiger partial charge in [-0.15, -0.1) is 0 Å². The van der Waals surface area contributed by atoms with Gasteiger partial charge in [0.05, 0.1) is 12.0 Å². The van der Waals surface area contributed by atoms with Crippen LogP contribution in [0.5, 0.6) is 0 Å². The van der Waals surface area contributed by atoms with Crippen LogP contribution in [0.15, 0.2) is 4.99 Å². The molecule has 1 heterocycles. The summed E-state index contributed by atoms with van der Waals surface area (Å²) in [5.74, 6) is -6.74. The Labute approximate surface area is 118 Å². The van der Waals surface area contributed by atoms with Crippen LogP contribution in [0.2, 0.25) is 0 Å². The number of urea groups is 1. The number of barbiturate groups is 1. The summed E-state index contributed by atoms with van der Waals surface area (Å²) >= 11 is 0. The molecular weight excluding hydrogens is 286 g/mol. The van der Waals surface area contributed by atoms with E-state index in [0.717, 1.165) is 14.1 Å². The summed E-state index contributed by atoms with van der Waals surface area (Å²) in [5, 5.41) is 21.1. The highest BCUT2D eigenvalue weighted by molar-refractivity contribution is 6.23. The Kier molecular flexibility index (Phi) is 4.74. The van der Waals surface area contributed by atoms with Gasteiger partial charge in [0.2, 0.25) is 11.8 Å². The molecule has 10 heteroatoms. The highest BCUT2D eigenvalue weighted by Crippen LogP contribution is 2.14. The molecule has 1 saturated heterocycles. The number of carboxylic acids is 2. The van der Waals surface area contributed by atoms with Crippen LogP contribution in [0.1, 0.15) is 6.42 Å². The minimum absolute atomic E-state index is 0.671. The molecule has 10 nitrogen and oxygen atoms in total. The highest BCUT2D eigenvalue weighted by atomic mass is 16.4. The van der Waals surface area contributed by atoms with Crippen LogP contribution in [0.3, 0.4) is 0 Å². The molecule has 1 atom stereocenters. The molecule has 1 fully saturated rings. The number of carbonyl (C=O) groups is 5. The molecule has 0 saturated carbocycles. The fourth-order valence-corrected chi connectivity index (χ4v) is 1.61. The van der Waals surface area contributed by atoms with Gasteiger partial charge in [0.1, 0.15) is 0 Å². The summed E-state index contributed by atoms with van der Waals surface area (Å²) in [6.07, 6.45) is -0.258. The maximum atomic E-state index is 11.8. The van der Waals surface area contributed by atoms with E-state index in [-0.39, 0.29) is 0 Å². The van der Waals surface area contributed by atoms with Crippen LogP contribution in [-0.4, -0.2) is 65.9 Å². The summed E-state index contributed by atoms with van der Waals surface area (Å²) in [6, 6.07) is -2.62. The van der Waals surface area contributed by atoms with Crippen molar-refractivity contribution in [2.24, 2.45) is 10.9 Å². The van der Waals surface area contributed by atoms with Gasteiger partial charge in [-0.25, -0.2) is 4.79 Å². The van der Waals surface area contributed by atoms with Crippen LogP contribution in [-0.2, 0) is 19.2 Å². The lowest BCUT2D eigenvalue weighted by atomic mass is 10.1. The molecule has 114 valence electrons. The molecule has 0 aromatic carbocycles. The number of imide groups is 2. The van der Waals surface area contributed by atoms with Crippen molar-refractivity contribution in [3.63, 3.8) is 0 Å². The van der Waals surface area contributed by atoms with Crippen LogP contribution in [0, 0.1) is 5.92 Å². The Morgan fingerprint density at radius 2 is 1.67 bits per heavy atom. The minimum atomic E-state index is -1.79. The zero-order valence-electron chi connectivity index (χ0n) is 11.1. The van der Waals surface area contributed by atoms with E-state index >= 15 is 0 Å². The van der Waals surface area contributed by atoms with Crippen molar-refractivity contribution in [2.45, 2.75) is 12.5 Å². The molecule has 1 aliphatic rings. The number of aliphatic imine (C=N–C) groups is 1. The molecule has 0 radical (unpaired) electrons. The monoisotopic (exact) mass is 297 g/mol. The topological polar surface area (TPSA) is 150 Å². The lowest BCUT2D eigenvalue weighted by Gasteiger charge is -2.31. The number of hydrogen-bond donors (Lipinski definition) is 0. The Morgan fingerprint density at radius 3 is 2.05 bits per heavy atom. The van der Waals surface area contributed by atoms with Crippen molar-refractivity contribution in [1.82, 2.24) is 9.80 Å². The second kappa shape index (κ2) is 6.11. The van der Waals surface area contributed by atoms with Gasteiger partial charge in [0.15, 0.2) is 5.92 Å². The first-order chi connectivity index (χ1) is 9.66. The van der Waals surface area contributed by atoms with Crippen molar-refractivity contribution in [3.8, 4) is 0 Å². The van der Waals surface area contributed by atoms with Gasteiger partial charge >= 0.3 is 6.03 Å². The summed E-state index contributed by atoms with van der Waals surface area (Å²) < 4.78 is 0. The average Bonchev–Trinajstić information content (AvgIpc) is 2.41. The molecule has 0 bridgehead atoms. The van der Waals surface area contributed by atoms with Crippen molar-refractivity contribution in [1.29, 1.82) is 0 Å². The lowest BCUT2D eigenvalue weighted by Crippen LogP contribution is -2.57. The van der Waals surface area contributed by atoms with E-state index in [1.165, 1.54) is 0 Å². The molecule has 21 heavy (non-hydrogen) atoms. The van der Waals surface area contributed by atoms with E-state index < -0.39 is 48.2 Å². The van der Waals surface area contributed by atoms with Gasteiger partial charge in [0, 0.05) is 32.7 Å². The van der Waals surface area contributed by atoms with Gasteiger partial charge in [-0.3, -0.25) is 24.4 Å². The van der Waals surface area contributed by atoms with Gasteiger partial charge in [0.25, 0.3) is 0 Å². The Balaban J connectivity index is 2.98. The molecular formula is C11H11N3O7-2. The zero-order valence-corrected chi connectivity index (χ0v) is 11.1. The van der Waals surface area contributed by atoms with Crippen molar-refractivity contribution >= 4 is 36.0 Å². The maximum absolute atomic E-state index is 11.8. The van der Waals surface area contributed by atoms with Crippen molar-refractivity contribution in [2.75, 3.05) is 14.1 Å². The molecule has 0 N–H and O–H groups in total. The second-order valence-electron chi connectivity index (χ2n) is 4.26. The molecule has 0 aromatic rings. The number of aliphatic carboxylic acids is 2. The highest BCUT2D eigenvalue weighted by Gasteiger charge is 2.41. The summed E-state index contributed by atoms with van der Waals surface area (Å²) in [6.45, 7) is 0. The van der Waals surface area contributed by atoms with Crippen LogP contribution in [0.4, 0.5) is 4.79 Å². The zero-order chi connectivity index (χ0) is 16.3. The van der Waals surface area contributed by atoms with Crippen molar-refractivity contribution < 1.29 is 34.2 Å². The predicted molar refractivity (Wildman–Crippen MR) is 61.3 cm³/mol. The summed E-state index contributed by atoms with van der Waals surface area (Å²) in [5.41, 5.74) is 0. The third-order valence-corrected chi connectivity index (χ3v) is 2.81. The minimum Gasteiger partial charge on any atom is -0.550 e. The van der Waals surface area contributed by atoms with E-state index in [4.69, 9.17) is 0 Å². The number of nitrogens with zero attached hydrogens (tertiary/aromatic N) is 3. The Bertz CT molecular complexity index is 518. The van der Waals surface area contributed by atoms with E-state index in [1.54, 1.807) is 0 Å². The van der Waals surface area contributed by atoms with Gasteiger partial charge < -0.3 is 19.8 Å². The predicted octanol–water partition coefficient (Wildman–Crippen LogP) is -4.02. The first-order valence-electron chi connectivity index (χ1n) is 5.70. The number of carbonyl (C=O) groups excluding carboxylic acids is 5. The second-order valence-corrected chi connectivity index (χ2v) is 4.26. The first kappa shape index (κ1) is 16.3. The average molecular weight is 297 g/mol. The lowest BCUT2D eigenvalue weighted by molar-refractivity contribution is -0.316. The molecule has 1 unspecified atom stereocenters. The fraction of sp³-hybridized carbons (Fsp3) is 0.455. The molecule has 4 amide bonds. The van der Waals surface area contributed by atoms with E-state index in [9.17, 15) is 34.2 Å². The van der Waals surface area contributed by atoms with Crippen LogP contribution < -0.4 is 10.2 Å².